The van der Waals surface area contributed by atoms with E-state index in [1.165, 1.54) is 35.7 Å². The average molecular weight is 329 g/mol. The Balaban J connectivity index is 2.60. The first-order chi connectivity index (χ1) is 8.36. The Morgan fingerprint density at radius 3 is 2.17 bits per heavy atom. The van der Waals surface area contributed by atoms with E-state index in [2.05, 4.69) is 0 Å². The summed E-state index contributed by atoms with van der Waals surface area (Å²) in [5.74, 6) is 0. The minimum Gasteiger partial charge on any atom is -0.246 e. The second-order valence-electron chi connectivity index (χ2n) is 3.49. The zero-order valence-corrected chi connectivity index (χ0v) is 12.4. The van der Waals surface area contributed by atoms with E-state index in [1.807, 2.05) is 0 Å². The van der Waals surface area contributed by atoms with Crippen LogP contribution in [-0.4, -0.2) is 33.8 Å². The van der Waals surface area contributed by atoms with Crippen LogP contribution in [0.1, 0.15) is 0 Å². The Morgan fingerprint density at radius 1 is 1.11 bits per heavy atom. The zero-order valence-electron chi connectivity index (χ0n) is 9.35. The van der Waals surface area contributed by atoms with Gasteiger partial charge in [0.25, 0.3) is 0 Å². The Bertz CT molecular complexity index is 534. The van der Waals surface area contributed by atoms with E-state index in [0.717, 1.165) is 4.31 Å². The summed E-state index contributed by atoms with van der Waals surface area (Å²) < 4.78 is 14.3. The molecule has 1 heterocycles. The summed E-state index contributed by atoms with van der Waals surface area (Å²) in [5.41, 5.74) is 0.144. The van der Waals surface area contributed by atoms with Crippen molar-refractivity contribution < 1.29 is 9.00 Å². The molecule has 1 fully saturated rings. The predicted octanol–water partition coefficient (Wildman–Crippen LogP) is 2.94. The third kappa shape index (κ3) is 1.98. The number of hydrogen-bond donors (Lipinski definition) is 0. The number of rotatable bonds is 1. The van der Waals surface area contributed by atoms with Crippen molar-refractivity contribution in [1.29, 1.82) is 0 Å². The smallest absolute Gasteiger partial charge is 0.246 e. The van der Waals surface area contributed by atoms with Crippen LogP contribution in [0, 0.1) is 0 Å². The summed E-state index contributed by atoms with van der Waals surface area (Å²) >= 11 is 16.2. The van der Waals surface area contributed by atoms with Gasteiger partial charge in [-0.1, -0.05) is 34.8 Å². The fourth-order valence-corrected chi connectivity index (χ4v) is 3.32. The highest BCUT2D eigenvalue weighted by Crippen LogP contribution is 2.41. The van der Waals surface area contributed by atoms with Crippen LogP contribution in [0.15, 0.2) is 12.1 Å². The van der Waals surface area contributed by atoms with Crippen molar-refractivity contribution >= 4 is 57.7 Å². The fraction of sp³-hybridized carbons (Fsp3) is 0.222. The maximum absolute atomic E-state index is 12.1. The zero-order chi connectivity index (χ0) is 13.6. The molecule has 0 N–H and O–H groups in total. The van der Waals surface area contributed by atoms with E-state index >= 15 is 0 Å². The largest absolute Gasteiger partial charge is 0.352 e. The number of carbonyl (C=O) groups is 1. The lowest BCUT2D eigenvalue weighted by atomic mass is 10.3. The van der Waals surface area contributed by atoms with Gasteiger partial charge in [-0.3, -0.25) is 0 Å². The molecular formula is C9H8Cl3N3O2S. The van der Waals surface area contributed by atoms with Gasteiger partial charge in [-0.2, -0.15) is 4.31 Å². The number of hydrazine groups is 1. The van der Waals surface area contributed by atoms with Crippen LogP contribution in [-0.2, 0) is 11.2 Å². The molecule has 1 aliphatic heterocycles. The molecule has 1 saturated heterocycles. The minimum absolute atomic E-state index is 0.0922. The molecule has 0 bridgehead atoms. The number of urea groups is 1. The molecule has 1 aliphatic rings. The lowest BCUT2D eigenvalue weighted by molar-refractivity contribution is 0.162. The normalized spacial score (nSPS) is 20.9. The van der Waals surface area contributed by atoms with Gasteiger partial charge >= 0.3 is 6.03 Å². The van der Waals surface area contributed by atoms with Gasteiger partial charge in [-0.05, 0) is 12.1 Å². The van der Waals surface area contributed by atoms with Gasteiger partial charge in [-0.15, -0.1) is 4.41 Å². The maximum atomic E-state index is 12.1. The van der Waals surface area contributed by atoms with Crippen molar-refractivity contribution in [3.8, 4) is 0 Å². The molecule has 2 rings (SSSR count). The van der Waals surface area contributed by atoms with Gasteiger partial charge in [0.1, 0.15) is 0 Å². The summed E-state index contributed by atoms with van der Waals surface area (Å²) in [5, 5.41) is 1.73. The highest BCUT2D eigenvalue weighted by Gasteiger charge is 2.41. The number of carbonyl (C=O) groups excluding carboxylic acids is 1. The molecule has 5 nitrogen and oxygen atoms in total. The molecule has 9 heteroatoms. The van der Waals surface area contributed by atoms with Crippen LogP contribution in [0.5, 0.6) is 0 Å². The van der Waals surface area contributed by atoms with Crippen molar-refractivity contribution in [1.82, 2.24) is 9.42 Å². The molecule has 0 radical (unpaired) electrons. The molecule has 1 unspecified atom stereocenters. The van der Waals surface area contributed by atoms with Gasteiger partial charge in [0.2, 0.25) is 11.2 Å². The number of anilines is 1. The van der Waals surface area contributed by atoms with E-state index in [4.69, 9.17) is 34.8 Å². The van der Waals surface area contributed by atoms with E-state index in [-0.39, 0.29) is 20.8 Å². The van der Waals surface area contributed by atoms with Crippen LogP contribution in [0.25, 0.3) is 0 Å². The molecule has 98 valence electrons. The summed E-state index contributed by atoms with van der Waals surface area (Å²) in [4.78, 5) is 12.0. The summed E-state index contributed by atoms with van der Waals surface area (Å²) in [7, 11) is 3.01. The summed E-state index contributed by atoms with van der Waals surface area (Å²) in [6.45, 7) is 0. The molecule has 1 aromatic rings. The molecular weight excluding hydrogens is 321 g/mol. The summed E-state index contributed by atoms with van der Waals surface area (Å²) in [6.07, 6.45) is 0. The summed E-state index contributed by atoms with van der Waals surface area (Å²) in [6, 6.07) is 2.50. The van der Waals surface area contributed by atoms with Gasteiger partial charge in [-0.25, -0.2) is 14.0 Å². The molecule has 18 heavy (non-hydrogen) atoms. The van der Waals surface area contributed by atoms with Crippen molar-refractivity contribution in [2.24, 2.45) is 0 Å². The van der Waals surface area contributed by atoms with Gasteiger partial charge in [0, 0.05) is 14.1 Å². The van der Waals surface area contributed by atoms with Crippen LogP contribution in [0.2, 0.25) is 15.1 Å². The topological polar surface area (TPSA) is 43.9 Å². The first kappa shape index (κ1) is 13.9. The molecule has 0 saturated carbocycles. The second kappa shape index (κ2) is 4.86. The maximum Gasteiger partial charge on any atom is 0.352 e. The van der Waals surface area contributed by atoms with E-state index in [1.54, 1.807) is 0 Å². The van der Waals surface area contributed by atoms with Gasteiger partial charge < -0.3 is 0 Å². The quantitative estimate of drug-likeness (QED) is 0.744. The molecule has 0 spiro atoms. The first-order valence-electron chi connectivity index (χ1n) is 4.73. The second-order valence-corrected chi connectivity index (χ2v) is 6.03. The van der Waals surface area contributed by atoms with Crippen LogP contribution >= 0.6 is 34.8 Å². The number of hydrogen-bond acceptors (Lipinski definition) is 2. The Morgan fingerprint density at radius 2 is 1.67 bits per heavy atom. The third-order valence-electron chi connectivity index (χ3n) is 2.48. The molecule has 0 aliphatic carbocycles. The number of amides is 2. The Kier molecular flexibility index (Phi) is 3.75. The van der Waals surface area contributed by atoms with E-state index in [9.17, 15) is 9.00 Å². The number of nitrogens with zero attached hydrogens (tertiary/aromatic N) is 3. The van der Waals surface area contributed by atoms with E-state index in [0.29, 0.717) is 0 Å². The van der Waals surface area contributed by atoms with Gasteiger partial charge in [0.15, 0.2) is 0 Å². The SMILES string of the molecule is CN1C(=O)N(c2c(Cl)ccc(Cl)c2Cl)S(=O)N1C. The monoisotopic (exact) mass is 327 g/mol. The fourth-order valence-electron chi connectivity index (χ4n) is 1.42. The lowest BCUT2D eigenvalue weighted by Gasteiger charge is -2.16. The van der Waals surface area contributed by atoms with Crippen LogP contribution in [0.4, 0.5) is 10.5 Å². The standard InChI is InChI=1S/C9H8Cl3N3O2S/c1-13-9(16)15(18(17)14(13)2)8-6(11)4-3-5(10)7(8)12/h3-4H,1-2H3. The van der Waals surface area contributed by atoms with Crippen LogP contribution in [0.3, 0.4) is 0 Å². The van der Waals surface area contributed by atoms with Crippen molar-refractivity contribution in [3.63, 3.8) is 0 Å². The van der Waals surface area contributed by atoms with Gasteiger partial charge in [0.05, 0.1) is 20.8 Å². The van der Waals surface area contributed by atoms with Crippen molar-refractivity contribution in [2.45, 2.75) is 0 Å². The Labute approximate surface area is 121 Å². The number of halogens is 3. The molecule has 0 aromatic heterocycles. The molecule has 1 atom stereocenters. The highest BCUT2D eigenvalue weighted by molar-refractivity contribution is 7.85. The van der Waals surface area contributed by atoms with E-state index < -0.39 is 17.2 Å². The molecule has 2 amide bonds. The number of benzene rings is 1. The van der Waals surface area contributed by atoms with Crippen LogP contribution < -0.4 is 4.31 Å². The predicted molar refractivity (Wildman–Crippen MR) is 73.0 cm³/mol. The highest BCUT2D eigenvalue weighted by atomic mass is 35.5. The van der Waals surface area contributed by atoms with Crippen molar-refractivity contribution in [2.75, 3.05) is 18.4 Å². The lowest BCUT2D eigenvalue weighted by Crippen LogP contribution is -2.32. The third-order valence-corrected chi connectivity index (χ3v) is 4.93. The minimum atomic E-state index is -1.73. The molecule has 1 aromatic carbocycles. The Hall–Kier alpha value is -0.530. The first-order valence-corrected chi connectivity index (χ1v) is 6.93. The van der Waals surface area contributed by atoms with Crippen molar-refractivity contribution in [3.05, 3.63) is 27.2 Å². The average Bonchev–Trinajstić information content (AvgIpc) is 2.52.